The number of fused-ring (bicyclic) bond motifs is 1. The number of H-pyrrole nitrogens is 1. The van der Waals surface area contributed by atoms with Gasteiger partial charge in [0.1, 0.15) is 0 Å². The molecule has 0 spiro atoms. The molecular weight excluding hydrogens is 332 g/mol. The van der Waals surface area contributed by atoms with Gasteiger partial charge in [0.05, 0.1) is 11.4 Å². The van der Waals surface area contributed by atoms with Gasteiger partial charge in [-0.3, -0.25) is 9.89 Å². The Bertz CT molecular complexity index is 1070. The van der Waals surface area contributed by atoms with E-state index in [0.717, 1.165) is 5.56 Å². The summed E-state index contributed by atoms with van der Waals surface area (Å²) in [7, 11) is -2.51. The zero-order valence-corrected chi connectivity index (χ0v) is 14.1. The van der Waals surface area contributed by atoms with Crippen LogP contribution in [0.5, 0.6) is 0 Å². The highest BCUT2D eigenvalue weighted by Gasteiger charge is 2.18. The highest BCUT2D eigenvalue weighted by atomic mass is 32.2. The predicted molar refractivity (Wildman–Crippen MR) is 87.2 cm³/mol. The minimum absolute atomic E-state index is 0.166. The smallest absolute Gasteiger partial charge is 0.276 e. The number of rotatable bonds is 4. The number of nitrogens with one attached hydrogen (secondary N) is 2. The van der Waals surface area contributed by atoms with E-state index in [-0.39, 0.29) is 28.0 Å². The maximum absolute atomic E-state index is 12.3. The number of sulfonamides is 1. The third kappa shape index (κ3) is 2.69. The fraction of sp³-hybridized carbons (Fsp3) is 0.286. The van der Waals surface area contributed by atoms with Crippen LogP contribution in [-0.2, 0) is 10.0 Å². The van der Waals surface area contributed by atoms with Crippen LogP contribution in [0.4, 0.5) is 0 Å². The monoisotopic (exact) mass is 348 g/mol. The Labute approximate surface area is 137 Å². The summed E-state index contributed by atoms with van der Waals surface area (Å²) in [4.78, 5) is 24.5. The Hall–Kier alpha value is -2.59. The third-order valence-corrected chi connectivity index (χ3v) is 4.77. The maximum Gasteiger partial charge on any atom is 0.276 e. The van der Waals surface area contributed by atoms with Gasteiger partial charge >= 0.3 is 0 Å². The van der Waals surface area contributed by atoms with Crippen LogP contribution >= 0.6 is 0 Å². The largest absolute Gasteiger partial charge is 0.297 e. The first-order valence-corrected chi connectivity index (χ1v) is 8.70. The molecule has 0 amide bonds. The van der Waals surface area contributed by atoms with E-state index in [4.69, 9.17) is 0 Å². The predicted octanol–water partition coefficient (Wildman–Crippen LogP) is 0.511. The van der Waals surface area contributed by atoms with Crippen LogP contribution in [-0.4, -0.2) is 40.0 Å². The Morgan fingerprint density at radius 3 is 2.67 bits per heavy atom. The Morgan fingerprint density at radius 1 is 1.25 bits per heavy atom. The van der Waals surface area contributed by atoms with Gasteiger partial charge < -0.3 is 0 Å². The van der Waals surface area contributed by atoms with Crippen molar-refractivity contribution in [1.82, 2.24) is 29.3 Å². The van der Waals surface area contributed by atoms with Crippen LogP contribution in [0.2, 0.25) is 0 Å². The van der Waals surface area contributed by atoms with Gasteiger partial charge in [0, 0.05) is 24.0 Å². The molecule has 2 N–H and O–H groups in total. The third-order valence-electron chi connectivity index (χ3n) is 3.55. The molecule has 9 nitrogen and oxygen atoms in total. The summed E-state index contributed by atoms with van der Waals surface area (Å²) in [5, 5.41) is 2.49. The SMILES string of the molecule is CNS(=O)(=O)c1nccc(-c2cc(=O)n3[nH]cc(C(C)C)c3n2)n1. The van der Waals surface area contributed by atoms with Crippen LogP contribution in [0, 0.1) is 0 Å². The molecule has 3 aromatic rings. The molecule has 0 radical (unpaired) electrons. The van der Waals surface area contributed by atoms with Crippen LogP contribution in [0.25, 0.3) is 17.0 Å². The average molecular weight is 348 g/mol. The topological polar surface area (TPSA) is 122 Å². The molecule has 24 heavy (non-hydrogen) atoms. The number of nitrogens with zero attached hydrogens (tertiary/aromatic N) is 4. The maximum atomic E-state index is 12.3. The van der Waals surface area contributed by atoms with Crippen molar-refractivity contribution in [3.8, 4) is 11.4 Å². The molecule has 0 saturated heterocycles. The molecule has 0 atom stereocenters. The zero-order valence-electron chi connectivity index (χ0n) is 13.3. The van der Waals surface area contributed by atoms with Gasteiger partial charge in [-0.2, -0.15) is 0 Å². The van der Waals surface area contributed by atoms with Gasteiger partial charge in [-0.25, -0.2) is 32.6 Å². The lowest BCUT2D eigenvalue weighted by Gasteiger charge is -2.05. The normalized spacial score (nSPS) is 12.2. The first-order valence-electron chi connectivity index (χ1n) is 7.21. The van der Waals surface area contributed by atoms with E-state index in [9.17, 15) is 13.2 Å². The summed E-state index contributed by atoms with van der Waals surface area (Å²) < 4.78 is 27.2. The lowest BCUT2D eigenvalue weighted by atomic mass is 10.1. The van der Waals surface area contributed by atoms with Crippen LogP contribution in [0.3, 0.4) is 0 Å². The molecule has 10 heteroatoms. The molecular formula is C14H16N6O3S. The second-order valence-electron chi connectivity index (χ2n) is 5.45. The highest BCUT2D eigenvalue weighted by Crippen LogP contribution is 2.20. The second kappa shape index (κ2) is 5.80. The molecule has 0 unspecified atom stereocenters. The van der Waals surface area contributed by atoms with E-state index in [0.29, 0.717) is 5.65 Å². The molecule has 3 rings (SSSR count). The standard InChI is InChI=1S/C14H16N6O3S/c1-8(2)9-7-17-20-12(21)6-11(18-13(9)20)10-4-5-16-14(19-10)24(22,23)15-3/h4-8,15,17H,1-3H3. The van der Waals surface area contributed by atoms with Gasteiger partial charge in [-0.05, 0) is 19.0 Å². The van der Waals surface area contributed by atoms with Crippen molar-refractivity contribution >= 4 is 15.7 Å². The van der Waals surface area contributed by atoms with E-state index in [1.165, 1.54) is 29.9 Å². The summed E-state index contributed by atoms with van der Waals surface area (Å²) in [5.74, 6) is 0.166. The van der Waals surface area contributed by atoms with Crippen molar-refractivity contribution in [2.24, 2.45) is 0 Å². The average Bonchev–Trinajstić information content (AvgIpc) is 2.99. The van der Waals surface area contributed by atoms with Crippen molar-refractivity contribution in [3.05, 3.63) is 40.4 Å². The lowest BCUT2D eigenvalue weighted by molar-refractivity contribution is 0.579. The van der Waals surface area contributed by atoms with E-state index in [2.05, 4.69) is 24.8 Å². The van der Waals surface area contributed by atoms with E-state index in [1.54, 1.807) is 6.20 Å². The summed E-state index contributed by atoms with van der Waals surface area (Å²) in [6, 6.07) is 2.81. The highest BCUT2D eigenvalue weighted by molar-refractivity contribution is 7.89. The Balaban J connectivity index is 2.22. The molecule has 0 saturated carbocycles. The summed E-state index contributed by atoms with van der Waals surface area (Å²) >= 11 is 0. The minimum Gasteiger partial charge on any atom is -0.297 e. The van der Waals surface area contributed by atoms with Crippen molar-refractivity contribution in [2.75, 3.05) is 7.05 Å². The Morgan fingerprint density at radius 2 is 2.00 bits per heavy atom. The summed E-state index contributed by atoms with van der Waals surface area (Å²) in [5.41, 5.74) is 1.61. The first kappa shape index (κ1) is 16.3. The van der Waals surface area contributed by atoms with Gasteiger partial charge in [-0.1, -0.05) is 13.8 Å². The van der Waals surface area contributed by atoms with Crippen molar-refractivity contribution in [2.45, 2.75) is 24.9 Å². The van der Waals surface area contributed by atoms with Crippen LogP contribution in [0.15, 0.2) is 34.5 Å². The van der Waals surface area contributed by atoms with Crippen molar-refractivity contribution in [1.29, 1.82) is 0 Å². The molecule has 0 fully saturated rings. The van der Waals surface area contributed by atoms with Crippen LogP contribution < -0.4 is 10.3 Å². The van der Waals surface area contributed by atoms with E-state index < -0.39 is 10.0 Å². The number of hydrogen-bond acceptors (Lipinski definition) is 6. The molecule has 0 aliphatic heterocycles. The van der Waals surface area contributed by atoms with Crippen molar-refractivity contribution < 1.29 is 8.42 Å². The minimum atomic E-state index is -3.78. The molecule has 3 aromatic heterocycles. The second-order valence-corrected chi connectivity index (χ2v) is 7.23. The first-order chi connectivity index (χ1) is 11.3. The molecule has 3 heterocycles. The van der Waals surface area contributed by atoms with Gasteiger partial charge in [0.2, 0.25) is 0 Å². The molecule has 0 aliphatic rings. The van der Waals surface area contributed by atoms with Gasteiger partial charge in [0.15, 0.2) is 5.65 Å². The fourth-order valence-corrected chi connectivity index (χ4v) is 2.86. The van der Waals surface area contributed by atoms with Gasteiger partial charge in [-0.15, -0.1) is 0 Å². The van der Waals surface area contributed by atoms with E-state index >= 15 is 0 Å². The molecule has 126 valence electrons. The van der Waals surface area contributed by atoms with E-state index in [1.807, 2.05) is 13.8 Å². The number of hydrogen-bond donors (Lipinski definition) is 2. The van der Waals surface area contributed by atoms with Gasteiger partial charge in [0.25, 0.3) is 20.7 Å². The van der Waals surface area contributed by atoms with Crippen LogP contribution in [0.1, 0.15) is 25.3 Å². The molecule has 0 bridgehead atoms. The number of aromatic amines is 1. The number of aromatic nitrogens is 5. The quantitative estimate of drug-likeness (QED) is 0.663. The fourth-order valence-electron chi connectivity index (χ4n) is 2.26. The Kier molecular flexibility index (Phi) is 3.93. The molecule has 0 aliphatic carbocycles. The molecule has 0 aromatic carbocycles. The lowest BCUT2D eigenvalue weighted by Crippen LogP contribution is -2.21. The summed E-state index contributed by atoms with van der Waals surface area (Å²) in [6.45, 7) is 3.98. The zero-order chi connectivity index (χ0) is 17.5. The summed E-state index contributed by atoms with van der Waals surface area (Å²) in [6.07, 6.45) is 3.05. The van der Waals surface area contributed by atoms with Crippen molar-refractivity contribution in [3.63, 3.8) is 0 Å².